The van der Waals surface area contributed by atoms with Gasteiger partial charge in [-0.2, -0.15) is 0 Å². The van der Waals surface area contributed by atoms with Crippen LogP contribution in [-0.4, -0.2) is 34.6 Å². The molecule has 0 aromatic heterocycles. The van der Waals surface area contributed by atoms with Gasteiger partial charge in [-0.3, -0.25) is 0 Å². The molecule has 0 aliphatic rings. The Bertz CT molecular complexity index is 545. The van der Waals surface area contributed by atoms with Crippen molar-refractivity contribution >= 4 is 16.0 Å². The average molecular weight is 276 g/mol. The summed E-state index contributed by atoms with van der Waals surface area (Å²) in [5, 5.41) is 0. The molecule has 18 heavy (non-hydrogen) atoms. The van der Waals surface area contributed by atoms with E-state index in [0.717, 1.165) is 25.3 Å². The maximum absolute atomic E-state index is 13.1. The van der Waals surface area contributed by atoms with Gasteiger partial charge >= 0.3 is 5.97 Å². The molecule has 0 spiro atoms. The van der Waals surface area contributed by atoms with Crippen molar-refractivity contribution in [2.24, 2.45) is 5.73 Å². The van der Waals surface area contributed by atoms with Crippen LogP contribution in [-0.2, 0) is 14.8 Å². The first kappa shape index (κ1) is 14.6. The molecule has 0 unspecified atom stereocenters. The minimum absolute atomic E-state index is 0.0144. The Hall–Kier alpha value is -1.51. The monoisotopic (exact) mass is 276 g/mol. The summed E-state index contributed by atoms with van der Waals surface area (Å²) in [6.45, 7) is 0.0710. The smallest absolute Gasteiger partial charge is 0.339 e. The van der Waals surface area contributed by atoms with E-state index in [1.807, 2.05) is 0 Å². The first-order valence-electron chi connectivity index (χ1n) is 5.00. The van der Waals surface area contributed by atoms with Crippen LogP contribution >= 0.6 is 0 Å². The highest BCUT2D eigenvalue weighted by Crippen LogP contribution is 2.18. The molecule has 8 heteroatoms. The fraction of sp³-hybridized carbons (Fsp3) is 0.300. The molecule has 0 amide bonds. The Kier molecular flexibility index (Phi) is 4.76. The summed E-state index contributed by atoms with van der Waals surface area (Å²) in [6.07, 6.45) is 0. The molecule has 0 aliphatic heterocycles. The molecule has 0 fully saturated rings. The third kappa shape index (κ3) is 3.25. The van der Waals surface area contributed by atoms with Gasteiger partial charge in [0.25, 0.3) is 0 Å². The molecule has 3 N–H and O–H groups in total. The third-order valence-corrected chi connectivity index (χ3v) is 3.58. The highest BCUT2D eigenvalue weighted by atomic mass is 32.2. The molecule has 100 valence electrons. The molecule has 1 rings (SSSR count). The molecular formula is C10H13FN2O4S. The minimum atomic E-state index is -4.00. The van der Waals surface area contributed by atoms with Gasteiger partial charge in [-0.1, -0.05) is 0 Å². The number of carbonyl (C=O) groups is 1. The van der Waals surface area contributed by atoms with Crippen LogP contribution in [0, 0.1) is 5.82 Å². The van der Waals surface area contributed by atoms with Crippen molar-refractivity contribution in [1.29, 1.82) is 0 Å². The summed E-state index contributed by atoms with van der Waals surface area (Å²) >= 11 is 0. The van der Waals surface area contributed by atoms with Crippen LogP contribution in [0.15, 0.2) is 23.1 Å². The van der Waals surface area contributed by atoms with Gasteiger partial charge in [0.2, 0.25) is 10.0 Å². The minimum Gasteiger partial charge on any atom is -0.465 e. The lowest BCUT2D eigenvalue weighted by molar-refractivity contribution is 0.0596. The maximum atomic E-state index is 13.1. The molecule has 0 bridgehead atoms. The number of carbonyl (C=O) groups excluding carboxylic acids is 1. The Morgan fingerprint density at radius 1 is 1.50 bits per heavy atom. The molecule has 0 saturated carbocycles. The Morgan fingerprint density at radius 2 is 2.17 bits per heavy atom. The van der Waals surface area contributed by atoms with Crippen molar-refractivity contribution < 1.29 is 22.3 Å². The van der Waals surface area contributed by atoms with Gasteiger partial charge in [-0.25, -0.2) is 22.3 Å². The van der Waals surface area contributed by atoms with Crippen molar-refractivity contribution in [2.45, 2.75) is 4.90 Å². The number of ether oxygens (including phenoxy) is 1. The lowest BCUT2D eigenvalue weighted by atomic mass is 10.2. The number of methoxy groups -OCH3 is 1. The van der Waals surface area contributed by atoms with Crippen molar-refractivity contribution in [3.05, 3.63) is 29.6 Å². The quantitative estimate of drug-likeness (QED) is 0.729. The predicted octanol–water partition coefficient (Wildman–Crippen LogP) is -0.151. The summed E-state index contributed by atoms with van der Waals surface area (Å²) in [5.74, 6) is -1.63. The molecule has 0 radical (unpaired) electrons. The summed E-state index contributed by atoms with van der Waals surface area (Å²) < 4.78 is 43.4. The number of halogens is 1. The highest BCUT2D eigenvalue weighted by molar-refractivity contribution is 7.89. The van der Waals surface area contributed by atoms with E-state index >= 15 is 0 Å². The zero-order chi connectivity index (χ0) is 13.8. The van der Waals surface area contributed by atoms with Gasteiger partial charge < -0.3 is 10.5 Å². The number of benzene rings is 1. The van der Waals surface area contributed by atoms with E-state index in [2.05, 4.69) is 9.46 Å². The number of sulfonamides is 1. The molecule has 0 heterocycles. The van der Waals surface area contributed by atoms with Gasteiger partial charge in [-0.15, -0.1) is 0 Å². The third-order valence-electron chi connectivity index (χ3n) is 2.07. The lowest BCUT2D eigenvalue weighted by Crippen LogP contribution is -2.30. The molecule has 1 aromatic rings. The van der Waals surface area contributed by atoms with Gasteiger partial charge in [0.05, 0.1) is 17.6 Å². The maximum Gasteiger partial charge on any atom is 0.339 e. The molecule has 6 nitrogen and oxygen atoms in total. The van der Waals surface area contributed by atoms with Crippen molar-refractivity contribution in [3.8, 4) is 0 Å². The summed E-state index contributed by atoms with van der Waals surface area (Å²) in [5.41, 5.74) is 4.94. The fourth-order valence-corrected chi connectivity index (χ4v) is 2.52. The number of nitrogens with two attached hydrogens (primary N) is 1. The van der Waals surface area contributed by atoms with E-state index in [9.17, 15) is 17.6 Å². The van der Waals surface area contributed by atoms with E-state index in [1.54, 1.807) is 0 Å². The number of rotatable bonds is 5. The zero-order valence-electron chi connectivity index (χ0n) is 9.64. The Balaban J connectivity index is 3.29. The van der Waals surface area contributed by atoms with Crippen LogP contribution in [0.4, 0.5) is 4.39 Å². The average Bonchev–Trinajstić information content (AvgIpc) is 2.35. The van der Waals surface area contributed by atoms with Gasteiger partial charge in [-0.05, 0) is 18.2 Å². The van der Waals surface area contributed by atoms with Crippen molar-refractivity contribution in [2.75, 3.05) is 20.2 Å². The molecular weight excluding hydrogens is 263 g/mol. The largest absolute Gasteiger partial charge is 0.465 e. The summed E-state index contributed by atoms with van der Waals surface area (Å²) in [6, 6.07) is 2.79. The van der Waals surface area contributed by atoms with Crippen LogP contribution in [0.1, 0.15) is 10.4 Å². The predicted molar refractivity (Wildman–Crippen MR) is 62.0 cm³/mol. The molecule has 0 saturated heterocycles. The fourth-order valence-electron chi connectivity index (χ4n) is 1.27. The van der Waals surface area contributed by atoms with E-state index < -0.39 is 26.7 Å². The zero-order valence-corrected chi connectivity index (χ0v) is 10.5. The van der Waals surface area contributed by atoms with Crippen LogP contribution in [0.3, 0.4) is 0 Å². The number of hydrogen-bond acceptors (Lipinski definition) is 5. The van der Waals surface area contributed by atoms with Gasteiger partial charge in [0, 0.05) is 13.1 Å². The van der Waals surface area contributed by atoms with Gasteiger partial charge in [0.15, 0.2) is 0 Å². The lowest BCUT2D eigenvalue weighted by Gasteiger charge is -2.09. The van der Waals surface area contributed by atoms with E-state index in [-0.39, 0.29) is 18.7 Å². The first-order valence-corrected chi connectivity index (χ1v) is 6.48. The molecule has 0 aliphatic carbocycles. The van der Waals surface area contributed by atoms with E-state index in [1.165, 1.54) is 0 Å². The standard InChI is InChI=1S/C10H13FN2O4S/c1-17-10(14)8-3-2-7(11)6-9(8)18(15,16)13-5-4-12/h2-3,6,13H,4-5,12H2,1H3. The second kappa shape index (κ2) is 5.89. The molecule has 0 atom stereocenters. The second-order valence-electron chi connectivity index (χ2n) is 3.32. The normalized spacial score (nSPS) is 11.3. The second-order valence-corrected chi connectivity index (χ2v) is 5.05. The van der Waals surface area contributed by atoms with Crippen LogP contribution in [0.5, 0.6) is 0 Å². The summed E-state index contributed by atoms with van der Waals surface area (Å²) in [7, 11) is -2.89. The topological polar surface area (TPSA) is 98.5 Å². The number of esters is 1. The Morgan fingerprint density at radius 3 is 2.72 bits per heavy atom. The highest BCUT2D eigenvalue weighted by Gasteiger charge is 2.23. The van der Waals surface area contributed by atoms with Gasteiger partial charge in [0.1, 0.15) is 5.82 Å². The Labute approximate surface area is 104 Å². The van der Waals surface area contributed by atoms with Crippen molar-refractivity contribution in [3.63, 3.8) is 0 Å². The first-order chi connectivity index (χ1) is 8.42. The van der Waals surface area contributed by atoms with E-state index in [4.69, 9.17) is 5.73 Å². The van der Waals surface area contributed by atoms with E-state index in [0.29, 0.717) is 0 Å². The number of nitrogens with one attached hydrogen (secondary N) is 1. The SMILES string of the molecule is COC(=O)c1ccc(F)cc1S(=O)(=O)NCCN. The van der Waals surface area contributed by atoms with Crippen LogP contribution in [0.25, 0.3) is 0 Å². The molecule has 1 aromatic carbocycles. The summed E-state index contributed by atoms with van der Waals surface area (Å²) in [4.78, 5) is 10.9. The number of hydrogen-bond donors (Lipinski definition) is 2. The van der Waals surface area contributed by atoms with Crippen LogP contribution in [0.2, 0.25) is 0 Å². The van der Waals surface area contributed by atoms with Crippen molar-refractivity contribution in [1.82, 2.24) is 4.72 Å². The van der Waals surface area contributed by atoms with Crippen LogP contribution < -0.4 is 10.5 Å².